The molecule has 2 aliphatic heterocycles. The molecule has 0 radical (unpaired) electrons. The standard InChI is InChI=1S/C26H34N2O4S/c29-25(27-13-15-31-16-14-27)19-7-6-12-28(17-19)26(30)24-22(18-33-20-8-2-1-3-9-20)21-10-4-5-11-23(21)32-24/h4-5,10-11,19-20H,1-3,6-9,12-18H2. The highest BCUT2D eigenvalue weighted by Crippen LogP contribution is 2.36. The van der Waals surface area contributed by atoms with Gasteiger partial charge in [-0.1, -0.05) is 37.5 Å². The fraction of sp³-hybridized carbons (Fsp3) is 0.615. The number of amides is 2. The summed E-state index contributed by atoms with van der Waals surface area (Å²) in [5.41, 5.74) is 1.80. The second-order valence-corrected chi connectivity index (χ2v) is 10.8. The molecule has 0 spiro atoms. The third-order valence-electron chi connectivity index (χ3n) is 7.29. The van der Waals surface area contributed by atoms with E-state index in [1.807, 2.05) is 39.8 Å². The number of morpholine rings is 1. The molecule has 1 saturated carbocycles. The predicted octanol–water partition coefficient (Wildman–Crippen LogP) is 4.71. The van der Waals surface area contributed by atoms with Gasteiger partial charge in [0.2, 0.25) is 5.91 Å². The minimum atomic E-state index is -0.134. The third kappa shape index (κ3) is 5.09. The molecule has 5 rings (SSSR count). The number of fused-ring (bicyclic) bond motifs is 1. The van der Waals surface area contributed by atoms with E-state index in [2.05, 4.69) is 6.07 Å². The molecule has 1 aromatic carbocycles. The van der Waals surface area contributed by atoms with E-state index in [9.17, 15) is 9.59 Å². The van der Waals surface area contributed by atoms with Gasteiger partial charge in [-0.3, -0.25) is 9.59 Å². The number of carbonyl (C=O) groups excluding carboxylic acids is 2. The Morgan fingerprint density at radius 2 is 1.73 bits per heavy atom. The van der Waals surface area contributed by atoms with Gasteiger partial charge in [0.25, 0.3) is 5.91 Å². The van der Waals surface area contributed by atoms with E-state index in [0.717, 1.165) is 35.1 Å². The lowest BCUT2D eigenvalue weighted by Gasteiger charge is -2.36. The van der Waals surface area contributed by atoms with Gasteiger partial charge in [-0.25, -0.2) is 0 Å². The van der Waals surface area contributed by atoms with E-state index >= 15 is 0 Å². The lowest BCUT2D eigenvalue weighted by atomic mass is 9.96. The fourth-order valence-corrected chi connectivity index (χ4v) is 6.75. The molecule has 7 heteroatoms. The molecule has 2 amide bonds. The van der Waals surface area contributed by atoms with E-state index in [0.29, 0.717) is 50.4 Å². The van der Waals surface area contributed by atoms with Gasteiger partial charge < -0.3 is 19.0 Å². The largest absolute Gasteiger partial charge is 0.451 e. The van der Waals surface area contributed by atoms with E-state index < -0.39 is 0 Å². The Hall–Kier alpha value is -1.99. The van der Waals surface area contributed by atoms with Crippen molar-refractivity contribution in [3.8, 4) is 0 Å². The summed E-state index contributed by atoms with van der Waals surface area (Å²) in [6.45, 7) is 3.65. The zero-order valence-electron chi connectivity index (χ0n) is 19.3. The van der Waals surface area contributed by atoms with Crippen molar-refractivity contribution in [2.45, 2.75) is 55.9 Å². The number of likely N-dealkylation sites (tertiary alicyclic amines) is 1. The van der Waals surface area contributed by atoms with E-state index in [1.54, 1.807) is 0 Å². The zero-order valence-corrected chi connectivity index (χ0v) is 20.1. The summed E-state index contributed by atoms with van der Waals surface area (Å²) < 4.78 is 11.5. The molecule has 2 aromatic rings. The molecule has 33 heavy (non-hydrogen) atoms. The SMILES string of the molecule is O=C(c1oc2ccccc2c1CSC1CCCCC1)N1CCCC(C(=O)N2CCOCC2)C1. The van der Waals surface area contributed by atoms with Gasteiger partial charge in [-0.15, -0.1) is 0 Å². The first kappa shape index (κ1) is 22.8. The maximum absolute atomic E-state index is 13.7. The van der Waals surface area contributed by atoms with Gasteiger partial charge in [0.1, 0.15) is 5.58 Å². The Labute approximate surface area is 200 Å². The Bertz CT molecular complexity index is 978. The fourth-order valence-electron chi connectivity index (χ4n) is 5.40. The van der Waals surface area contributed by atoms with Crippen LogP contribution >= 0.6 is 11.8 Å². The number of piperidine rings is 1. The molecule has 2 saturated heterocycles. The lowest BCUT2D eigenvalue weighted by Crippen LogP contribution is -2.49. The van der Waals surface area contributed by atoms with Crippen molar-refractivity contribution >= 4 is 34.5 Å². The monoisotopic (exact) mass is 470 g/mol. The Morgan fingerprint density at radius 3 is 2.55 bits per heavy atom. The first-order valence-corrected chi connectivity index (χ1v) is 13.5. The summed E-state index contributed by atoms with van der Waals surface area (Å²) in [4.78, 5) is 30.5. The molecule has 3 heterocycles. The van der Waals surface area contributed by atoms with Crippen LogP contribution in [0.25, 0.3) is 11.0 Å². The van der Waals surface area contributed by atoms with Gasteiger partial charge in [0, 0.05) is 48.1 Å². The van der Waals surface area contributed by atoms with Crippen LogP contribution in [0, 0.1) is 5.92 Å². The number of thioether (sulfide) groups is 1. The average molecular weight is 471 g/mol. The molecular weight excluding hydrogens is 436 g/mol. The van der Waals surface area contributed by atoms with Gasteiger partial charge in [0.05, 0.1) is 19.1 Å². The van der Waals surface area contributed by atoms with Crippen LogP contribution in [0.2, 0.25) is 0 Å². The molecule has 6 nitrogen and oxygen atoms in total. The highest BCUT2D eigenvalue weighted by molar-refractivity contribution is 7.99. The topological polar surface area (TPSA) is 63.0 Å². The van der Waals surface area contributed by atoms with Crippen LogP contribution in [0.4, 0.5) is 0 Å². The quantitative estimate of drug-likeness (QED) is 0.633. The average Bonchev–Trinajstić information content (AvgIpc) is 3.26. The van der Waals surface area contributed by atoms with Gasteiger partial charge in [-0.05, 0) is 31.7 Å². The smallest absolute Gasteiger partial charge is 0.289 e. The summed E-state index contributed by atoms with van der Waals surface area (Å²) in [7, 11) is 0. The molecule has 0 bridgehead atoms. The number of hydrogen-bond acceptors (Lipinski definition) is 5. The zero-order chi connectivity index (χ0) is 22.6. The molecule has 1 aromatic heterocycles. The summed E-state index contributed by atoms with van der Waals surface area (Å²) in [6, 6.07) is 7.98. The maximum atomic E-state index is 13.7. The third-order valence-corrected chi connectivity index (χ3v) is 8.69. The van der Waals surface area contributed by atoms with Crippen LogP contribution in [-0.4, -0.2) is 66.3 Å². The van der Waals surface area contributed by atoms with E-state index in [4.69, 9.17) is 9.15 Å². The molecule has 178 valence electrons. The minimum absolute atomic E-state index is 0.0649. The lowest BCUT2D eigenvalue weighted by molar-refractivity contribution is -0.141. The summed E-state index contributed by atoms with van der Waals surface area (Å²) in [5, 5.41) is 1.71. The van der Waals surface area contributed by atoms with Crippen molar-refractivity contribution in [2.75, 3.05) is 39.4 Å². The second kappa shape index (κ2) is 10.5. The summed E-state index contributed by atoms with van der Waals surface area (Å²) >= 11 is 1.97. The molecule has 3 aliphatic rings. The number of para-hydroxylation sites is 1. The van der Waals surface area contributed by atoms with Crippen molar-refractivity contribution < 1.29 is 18.7 Å². The van der Waals surface area contributed by atoms with Crippen molar-refractivity contribution in [1.82, 2.24) is 9.80 Å². The normalized spacial score (nSPS) is 22.6. The molecule has 1 atom stereocenters. The van der Waals surface area contributed by atoms with Gasteiger partial charge >= 0.3 is 0 Å². The van der Waals surface area contributed by atoms with Crippen LogP contribution in [0.3, 0.4) is 0 Å². The van der Waals surface area contributed by atoms with Crippen LogP contribution in [-0.2, 0) is 15.3 Å². The van der Waals surface area contributed by atoms with E-state index in [1.165, 1.54) is 32.1 Å². The molecular formula is C26H34N2O4S. The second-order valence-electron chi connectivity index (χ2n) is 9.50. The number of hydrogen-bond donors (Lipinski definition) is 0. The molecule has 1 unspecified atom stereocenters. The first-order chi connectivity index (χ1) is 16.2. The number of rotatable bonds is 5. The Morgan fingerprint density at radius 1 is 0.939 bits per heavy atom. The van der Waals surface area contributed by atoms with Gasteiger partial charge in [-0.2, -0.15) is 11.8 Å². The molecule has 3 fully saturated rings. The Kier molecular flexibility index (Phi) is 7.26. The first-order valence-electron chi connectivity index (χ1n) is 12.5. The van der Waals surface area contributed by atoms with E-state index in [-0.39, 0.29) is 17.7 Å². The van der Waals surface area contributed by atoms with Crippen LogP contribution in [0.1, 0.15) is 61.1 Å². The number of carbonyl (C=O) groups is 2. The van der Waals surface area contributed by atoms with Crippen molar-refractivity contribution in [3.63, 3.8) is 0 Å². The summed E-state index contributed by atoms with van der Waals surface area (Å²) in [5.74, 6) is 1.23. The molecule has 1 aliphatic carbocycles. The maximum Gasteiger partial charge on any atom is 0.289 e. The summed E-state index contributed by atoms with van der Waals surface area (Å²) in [6.07, 6.45) is 8.17. The highest BCUT2D eigenvalue weighted by atomic mass is 32.2. The Balaban J connectivity index is 1.33. The van der Waals surface area contributed by atoms with Crippen molar-refractivity contribution in [1.29, 1.82) is 0 Å². The number of benzene rings is 1. The highest BCUT2D eigenvalue weighted by Gasteiger charge is 2.34. The van der Waals surface area contributed by atoms with Crippen LogP contribution < -0.4 is 0 Å². The van der Waals surface area contributed by atoms with Crippen LogP contribution in [0.5, 0.6) is 0 Å². The van der Waals surface area contributed by atoms with Gasteiger partial charge in [0.15, 0.2) is 5.76 Å². The number of ether oxygens (including phenoxy) is 1. The predicted molar refractivity (Wildman–Crippen MR) is 130 cm³/mol. The van der Waals surface area contributed by atoms with Crippen LogP contribution in [0.15, 0.2) is 28.7 Å². The molecule has 0 N–H and O–H groups in total. The minimum Gasteiger partial charge on any atom is -0.451 e. The number of furan rings is 1. The number of nitrogens with zero attached hydrogens (tertiary/aromatic N) is 2. The van der Waals surface area contributed by atoms with Crippen molar-refractivity contribution in [3.05, 3.63) is 35.6 Å². The van der Waals surface area contributed by atoms with Crippen molar-refractivity contribution in [2.24, 2.45) is 5.92 Å².